The van der Waals surface area contributed by atoms with Gasteiger partial charge in [-0.15, -0.1) is 12.4 Å². The van der Waals surface area contributed by atoms with E-state index in [0.717, 1.165) is 26.1 Å². The molecule has 1 heterocycles. The van der Waals surface area contributed by atoms with E-state index < -0.39 is 5.97 Å². The van der Waals surface area contributed by atoms with Crippen molar-refractivity contribution in [3.05, 3.63) is 0 Å². The quantitative estimate of drug-likeness (QED) is 0.742. The minimum atomic E-state index is -0.769. The number of hydrogen-bond donors (Lipinski definition) is 2. The van der Waals surface area contributed by atoms with Gasteiger partial charge in [0.25, 0.3) is 0 Å². The Morgan fingerprint density at radius 3 is 2.50 bits per heavy atom. The molecule has 0 saturated carbocycles. The molecule has 4 nitrogen and oxygen atoms in total. The van der Waals surface area contributed by atoms with Gasteiger partial charge in [-0.25, -0.2) is 0 Å². The molecule has 0 aromatic heterocycles. The number of ether oxygens (including phenoxy) is 1. The zero-order valence-electron chi connectivity index (χ0n) is 8.15. The number of halogens is 1. The average Bonchev–Trinajstić information content (AvgIpc) is 2.15. The summed E-state index contributed by atoms with van der Waals surface area (Å²) in [5.41, 5.74) is 5.38. The normalized spacial score (nSPS) is 19.8. The molecule has 5 heteroatoms. The summed E-state index contributed by atoms with van der Waals surface area (Å²) in [5.74, 6) is -0.657. The fourth-order valence-corrected chi connectivity index (χ4v) is 1.68. The molecule has 0 aromatic carbocycles. The molecular formula is C9H18ClNO3. The number of carbonyl (C=O) groups is 1. The lowest BCUT2D eigenvalue weighted by atomic mass is 9.89. The van der Waals surface area contributed by atoms with Crippen LogP contribution in [0.2, 0.25) is 0 Å². The van der Waals surface area contributed by atoms with Crippen LogP contribution in [0.4, 0.5) is 0 Å². The van der Waals surface area contributed by atoms with Crippen LogP contribution in [-0.4, -0.2) is 30.8 Å². The maximum atomic E-state index is 10.7. The first-order valence-electron chi connectivity index (χ1n) is 4.74. The maximum absolute atomic E-state index is 10.7. The van der Waals surface area contributed by atoms with E-state index in [-0.39, 0.29) is 24.9 Å². The second-order valence-corrected chi connectivity index (χ2v) is 3.56. The highest BCUT2D eigenvalue weighted by Crippen LogP contribution is 2.22. The molecule has 1 rings (SSSR count). The van der Waals surface area contributed by atoms with Crippen LogP contribution in [0.25, 0.3) is 0 Å². The fraction of sp³-hybridized carbons (Fsp3) is 0.889. The zero-order valence-corrected chi connectivity index (χ0v) is 8.96. The zero-order chi connectivity index (χ0) is 9.68. The topological polar surface area (TPSA) is 72.5 Å². The molecule has 1 fully saturated rings. The van der Waals surface area contributed by atoms with Gasteiger partial charge in [-0.1, -0.05) is 0 Å². The van der Waals surface area contributed by atoms with Crippen LogP contribution in [0.3, 0.4) is 0 Å². The molecule has 0 bridgehead atoms. The molecule has 0 spiro atoms. The van der Waals surface area contributed by atoms with Gasteiger partial charge in [-0.3, -0.25) is 4.79 Å². The van der Waals surface area contributed by atoms with E-state index in [2.05, 4.69) is 0 Å². The molecule has 14 heavy (non-hydrogen) atoms. The summed E-state index contributed by atoms with van der Waals surface area (Å²) in [4.78, 5) is 10.7. The Labute approximate surface area is 90.2 Å². The number of nitrogens with two attached hydrogens (primary N) is 1. The predicted octanol–water partition coefficient (Wildman–Crippen LogP) is 0.884. The van der Waals surface area contributed by atoms with Crippen molar-refractivity contribution in [2.45, 2.75) is 19.3 Å². The molecule has 1 atom stereocenters. The minimum Gasteiger partial charge on any atom is -0.481 e. The van der Waals surface area contributed by atoms with E-state index >= 15 is 0 Å². The van der Waals surface area contributed by atoms with Crippen molar-refractivity contribution in [1.82, 2.24) is 0 Å². The molecule has 0 radical (unpaired) electrons. The lowest BCUT2D eigenvalue weighted by Crippen LogP contribution is -2.28. The Morgan fingerprint density at radius 1 is 1.50 bits per heavy atom. The van der Waals surface area contributed by atoms with E-state index in [1.165, 1.54) is 0 Å². The van der Waals surface area contributed by atoms with Crippen molar-refractivity contribution in [2.75, 3.05) is 19.8 Å². The summed E-state index contributed by atoms with van der Waals surface area (Å²) in [5, 5.41) is 8.79. The number of aliphatic carboxylic acids is 1. The summed E-state index contributed by atoms with van der Waals surface area (Å²) in [7, 11) is 0. The van der Waals surface area contributed by atoms with Crippen molar-refractivity contribution >= 4 is 18.4 Å². The summed E-state index contributed by atoms with van der Waals surface area (Å²) in [6.07, 6.45) is 2.66. The summed E-state index contributed by atoms with van der Waals surface area (Å²) in [6.45, 7) is 1.77. The van der Waals surface area contributed by atoms with Gasteiger partial charge in [-0.05, 0) is 25.2 Å². The van der Waals surface area contributed by atoms with Crippen LogP contribution >= 0.6 is 12.4 Å². The molecule has 0 aromatic rings. The van der Waals surface area contributed by atoms with Crippen LogP contribution in [0, 0.1) is 11.8 Å². The molecule has 0 amide bonds. The number of hydrogen-bond acceptors (Lipinski definition) is 3. The molecule has 1 unspecified atom stereocenters. The SMILES string of the molecule is Cl.NCC(CC1CCOCC1)C(=O)O. The van der Waals surface area contributed by atoms with E-state index in [1.807, 2.05) is 0 Å². The lowest BCUT2D eigenvalue weighted by Gasteiger charge is -2.24. The first kappa shape index (κ1) is 13.7. The Kier molecular flexibility index (Phi) is 6.87. The number of rotatable bonds is 4. The van der Waals surface area contributed by atoms with Crippen molar-refractivity contribution in [2.24, 2.45) is 17.6 Å². The third-order valence-electron chi connectivity index (χ3n) is 2.59. The summed E-state index contributed by atoms with van der Waals surface area (Å²) >= 11 is 0. The number of carboxylic acids is 1. The number of carboxylic acid groups (broad SMARTS) is 1. The largest absolute Gasteiger partial charge is 0.481 e. The highest BCUT2D eigenvalue weighted by Gasteiger charge is 2.22. The third-order valence-corrected chi connectivity index (χ3v) is 2.59. The molecular weight excluding hydrogens is 206 g/mol. The van der Waals surface area contributed by atoms with Crippen molar-refractivity contribution < 1.29 is 14.6 Å². The Bertz CT molecular complexity index is 171. The van der Waals surface area contributed by atoms with Crippen molar-refractivity contribution in [3.63, 3.8) is 0 Å². The summed E-state index contributed by atoms with van der Waals surface area (Å²) < 4.78 is 5.20. The summed E-state index contributed by atoms with van der Waals surface area (Å²) in [6, 6.07) is 0. The monoisotopic (exact) mass is 223 g/mol. The van der Waals surface area contributed by atoms with Crippen LogP contribution < -0.4 is 5.73 Å². The average molecular weight is 224 g/mol. The van der Waals surface area contributed by atoms with Gasteiger partial charge < -0.3 is 15.6 Å². The van der Waals surface area contributed by atoms with E-state index in [9.17, 15) is 4.79 Å². The predicted molar refractivity (Wildman–Crippen MR) is 55.6 cm³/mol. The highest BCUT2D eigenvalue weighted by molar-refractivity contribution is 5.85. The van der Waals surface area contributed by atoms with Gasteiger partial charge in [0.15, 0.2) is 0 Å². The van der Waals surface area contributed by atoms with Crippen LogP contribution in [-0.2, 0) is 9.53 Å². The second kappa shape index (κ2) is 7.04. The van der Waals surface area contributed by atoms with Gasteiger partial charge in [0.1, 0.15) is 0 Å². The molecule has 0 aliphatic carbocycles. The first-order valence-corrected chi connectivity index (χ1v) is 4.74. The Hall–Kier alpha value is -0.320. The van der Waals surface area contributed by atoms with Crippen LogP contribution in [0.1, 0.15) is 19.3 Å². The minimum absolute atomic E-state index is 0. The highest BCUT2D eigenvalue weighted by atomic mass is 35.5. The lowest BCUT2D eigenvalue weighted by molar-refractivity contribution is -0.142. The molecule has 1 aliphatic rings. The van der Waals surface area contributed by atoms with Crippen molar-refractivity contribution in [1.29, 1.82) is 0 Å². The van der Waals surface area contributed by atoms with Crippen LogP contribution in [0.15, 0.2) is 0 Å². The molecule has 3 N–H and O–H groups in total. The standard InChI is InChI=1S/C9H17NO3.ClH/c10-6-8(9(11)12)5-7-1-3-13-4-2-7;/h7-8H,1-6,10H2,(H,11,12);1H. The van der Waals surface area contributed by atoms with Crippen molar-refractivity contribution in [3.8, 4) is 0 Å². The van der Waals surface area contributed by atoms with E-state index in [0.29, 0.717) is 12.3 Å². The van der Waals surface area contributed by atoms with Gasteiger partial charge in [-0.2, -0.15) is 0 Å². The Morgan fingerprint density at radius 2 is 2.07 bits per heavy atom. The van der Waals surface area contributed by atoms with E-state index in [4.69, 9.17) is 15.6 Å². The molecule has 1 saturated heterocycles. The van der Waals surface area contributed by atoms with Crippen LogP contribution in [0.5, 0.6) is 0 Å². The smallest absolute Gasteiger partial charge is 0.307 e. The first-order chi connectivity index (χ1) is 6.24. The Balaban J connectivity index is 0.00000169. The van der Waals surface area contributed by atoms with Gasteiger partial charge in [0.05, 0.1) is 5.92 Å². The van der Waals surface area contributed by atoms with Gasteiger partial charge >= 0.3 is 5.97 Å². The van der Waals surface area contributed by atoms with Gasteiger partial charge in [0, 0.05) is 19.8 Å². The fourth-order valence-electron chi connectivity index (χ4n) is 1.68. The second-order valence-electron chi connectivity index (χ2n) is 3.56. The van der Waals surface area contributed by atoms with Gasteiger partial charge in [0.2, 0.25) is 0 Å². The molecule has 84 valence electrons. The third kappa shape index (κ3) is 4.26. The molecule has 1 aliphatic heterocycles. The maximum Gasteiger partial charge on any atom is 0.307 e. The van der Waals surface area contributed by atoms with E-state index in [1.54, 1.807) is 0 Å².